The Balaban J connectivity index is 2.46. The van der Waals surface area contributed by atoms with E-state index in [2.05, 4.69) is 5.32 Å². The monoisotopic (exact) mass is 336 g/mol. The number of halogens is 2. The number of primary amides is 1. The first-order valence-electron chi connectivity index (χ1n) is 6.52. The van der Waals surface area contributed by atoms with Gasteiger partial charge < -0.3 is 11.1 Å². The van der Waals surface area contributed by atoms with Gasteiger partial charge >= 0.3 is 0 Å². The average molecular weight is 337 g/mol. The summed E-state index contributed by atoms with van der Waals surface area (Å²) in [6.07, 6.45) is 0.0129. The zero-order valence-electron chi connectivity index (χ0n) is 11.8. The molecule has 0 spiro atoms. The molecule has 2 rings (SSSR count). The molecule has 0 saturated carbocycles. The van der Waals surface area contributed by atoms with Crippen LogP contribution in [-0.4, -0.2) is 11.7 Å². The molecule has 114 valence electrons. The number of amides is 1. The maximum Gasteiger partial charge on any atom is 0.221 e. The quantitative estimate of drug-likeness (QED) is 0.811. The van der Waals surface area contributed by atoms with Crippen molar-refractivity contribution in [2.45, 2.75) is 13.3 Å². The smallest absolute Gasteiger partial charge is 0.221 e. The van der Waals surface area contributed by atoms with Gasteiger partial charge in [0.1, 0.15) is 0 Å². The number of carbonyl (C=O) groups excluding carboxylic acids is 2. The molecule has 0 fully saturated rings. The average Bonchev–Trinajstić information content (AvgIpc) is 2.46. The molecule has 4 nitrogen and oxygen atoms in total. The van der Waals surface area contributed by atoms with E-state index in [0.717, 1.165) is 0 Å². The molecule has 2 aromatic rings. The third kappa shape index (κ3) is 3.59. The number of hydrogen-bond acceptors (Lipinski definition) is 3. The molecule has 0 saturated heterocycles. The number of Topliss-reactive ketones (excluding diaryl/α,β-unsaturated/α-hetero) is 1. The van der Waals surface area contributed by atoms with Crippen LogP contribution in [0.2, 0.25) is 10.0 Å². The van der Waals surface area contributed by atoms with Crippen LogP contribution in [0.1, 0.15) is 22.8 Å². The lowest BCUT2D eigenvalue weighted by Crippen LogP contribution is -2.14. The predicted molar refractivity (Wildman–Crippen MR) is 89.1 cm³/mol. The molecular weight excluding hydrogens is 323 g/mol. The highest BCUT2D eigenvalue weighted by Gasteiger charge is 2.14. The van der Waals surface area contributed by atoms with Gasteiger partial charge in [-0.05, 0) is 30.7 Å². The van der Waals surface area contributed by atoms with Gasteiger partial charge in [0.2, 0.25) is 5.91 Å². The van der Waals surface area contributed by atoms with E-state index >= 15 is 0 Å². The molecule has 2 aromatic carbocycles. The van der Waals surface area contributed by atoms with Crippen molar-refractivity contribution in [1.82, 2.24) is 0 Å². The second kappa shape index (κ2) is 6.81. The van der Waals surface area contributed by atoms with Crippen molar-refractivity contribution in [3.63, 3.8) is 0 Å². The van der Waals surface area contributed by atoms with E-state index in [-0.39, 0.29) is 12.2 Å². The molecule has 0 aliphatic rings. The second-order valence-electron chi connectivity index (χ2n) is 4.77. The van der Waals surface area contributed by atoms with Crippen molar-refractivity contribution in [1.29, 1.82) is 0 Å². The number of ketones is 1. The van der Waals surface area contributed by atoms with Gasteiger partial charge in [-0.3, -0.25) is 9.59 Å². The number of carbonyl (C=O) groups is 2. The van der Waals surface area contributed by atoms with Crippen LogP contribution in [0.15, 0.2) is 36.4 Å². The Morgan fingerprint density at radius 2 is 1.82 bits per heavy atom. The molecule has 0 aromatic heterocycles. The summed E-state index contributed by atoms with van der Waals surface area (Å²) in [6.45, 7) is 1.48. The standard InChI is InChI=1S/C16H14Cl2N2O2/c1-9(21)11-4-2-3-5-13(11)20-16-12(17)7-6-10(15(16)18)8-14(19)22/h2-7,20H,8H2,1H3,(H2,19,22). The van der Waals surface area contributed by atoms with E-state index in [1.807, 2.05) is 0 Å². The number of para-hydroxylation sites is 1. The third-order valence-electron chi connectivity index (χ3n) is 3.10. The summed E-state index contributed by atoms with van der Waals surface area (Å²) in [5, 5.41) is 3.76. The SMILES string of the molecule is CC(=O)c1ccccc1Nc1c(Cl)ccc(CC(N)=O)c1Cl. The molecule has 0 unspecified atom stereocenters. The number of nitrogens with one attached hydrogen (secondary N) is 1. The number of rotatable bonds is 5. The van der Waals surface area contributed by atoms with E-state index in [9.17, 15) is 9.59 Å². The van der Waals surface area contributed by atoms with Crippen LogP contribution >= 0.6 is 23.2 Å². The summed E-state index contributed by atoms with van der Waals surface area (Å²) in [5.41, 5.74) is 7.33. The summed E-state index contributed by atoms with van der Waals surface area (Å²) >= 11 is 12.5. The Kier molecular flexibility index (Phi) is 5.06. The van der Waals surface area contributed by atoms with Gasteiger partial charge in [0.25, 0.3) is 0 Å². The van der Waals surface area contributed by atoms with Crippen LogP contribution in [0, 0.1) is 0 Å². The second-order valence-corrected chi connectivity index (χ2v) is 5.55. The van der Waals surface area contributed by atoms with Crippen LogP contribution in [0.5, 0.6) is 0 Å². The molecule has 1 amide bonds. The minimum absolute atomic E-state index is 0.0129. The zero-order chi connectivity index (χ0) is 16.3. The maximum absolute atomic E-state index is 11.7. The van der Waals surface area contributed by atoms with Crippen molar-refractivity contribution >= 4 is 46.3 Å². The summed E-state index contributed by atoms with van der Waals surface area (Å²) in [7, 11) is 0. The molecule has 0 radical (unpaired) electrons. The molecule has 0 atom stereocenters. The first-order chi connectivity index (χ1) is 10.4. The van der Waals surface area contributed by atoms with Crippen molar-refractivity contribution in [3.8, 4) is 0 Å². The normalized spacial score (nSPS) is 10.3. The lowest BCUT2D eigenvalue weighted by molar-refractivity contribution is -0.117. The number of benzene rings is 2. The van der Waals surface area contributed by atoms with E-state index < -0.39 is 5.91 Å². The highest BCUT2D eigenvalue weighted by atomic mass is 35.5. The summed E-state index contributed by atoms with van der Waals surface area (Å²) < 4.78 is 0. The molecule has 0 bridgehead atoms. The van der Waals surface area contributed by atoms with Gasteiger partial charge in [-0.2, -0.15) is 0 Å². The summed E-state index contributed by atoms with van der Waals surface area (Å²) in [4.78, 5) is 22.8. The topological polar surface area (TPSA) is 72.2 Å². The lowest BCUT2D eigenvalue weighted by Gasteiger charge is -2.15. The van der Waals surface area contributed by atoms with E-state index in [4.69, 9.17) is 28.9 Å². The van der Waals surface area contributed by atoms with Crippen molar-refractivity contribution in [2.75, 3.05) is 5.32 Å². The molecular formula is C16H14Cl2N2O2. The number of nitrogens with two attached hydrogens (primary N) is 1. The van der Waals surface area contributed by atoms with Gasteiger partial charge in [0.15, 0.2) is 5.78 Å². The number of anilines is 2. The van der Waals surface area contributed by atoms with Gasteiger partial charge in [-0.1, -0.05) is 41.4 Å². The Labute approximate surface area is 138 Å². The Hall–Kier alpha value is -2.04. The molecule has 6 heteroatoms. The maximum atomic E-state index is 11.7. The van der Waals surface area contributed by atoms with Crippen LogP contribution in [0.25, 0.3) is 0 Å². The molecule has 0 aliphatic carbocycles. The van der Waals surface area contributed by atoms with Gasteiger partial charge in [-0.15, -0.1) is 0 Å². The van der Waals surface area contributed by atoms with E-state index in [1.165, 1.54) is 6.92 Å². The highest BCUT2D eigenvalue weighted by Crippen LogP contribution is 2.36. The molecule has 22 heavy (non-hydrogen) atoms. The Morgan fingerprint density at radius 3 is 2.45 bits per heavy atom. The summed E-state index contributed by atoms with van der Waals surface area (Å²) in [5.74, 6) is -0.567. The molecule has 0 heterocycles. The molecule has 0 aliphatic heterocycles. The Bertz CT molecular complexity index is 745. The highest BCUT2D eigenvalue weighted by molar-refractivity contribution is 6.40. The first kappa shape index (κ1) is 16.3. The first-order valence-corrected chi connectivity index (χ1v) is 7.28. The minimum Gasteiger partial charge on any atom is -0.369 e. The van der Waals surface area contributed by atoms with Crippen molar-refractivity contribution in [3.05, 3.63) is 57.6 Å². The Morgan fingerprint density at radius 1 is 1.14 bits per heavy atom. The van der Waals surface area contributed by atoms with Gasteiger partial charge in [0, 0.05) is 11.3 Å². The largest absolute Gasteiger partial charge is 0.369 e. The fraction of sp³-hybridized carbons (Fsp3) is 0.125. The van der Waals surface area contributed by atoms with Crippen LogP contribution in [-0.2, 0) is 11.2 Å². The van der Waals surface area contributed by atoms with Crippen molar-refractivity contribution < 1.29 is 9.59 Å². The van der Waals surface area contributed by atoms with E-state index in [0.29, 0.717) is 32.5 Å². The predicted octanol–water partition coefficient (Wildman–Crippen LogP) is 3.97. The van der Waals surface area contributed by atoms with Crippen LogP contribution < -0.4 is 11.1 Å². The van der Waals surface area contributed by atoms with Gasteiger partial charge in [0.05, 0.1) is 22.2 Å². The van der Waals surface area contributed by atoms with Crippen LogP contribution in [0.4, 0.5) is 11.4 Å². The third-order valence-corrected chi connectivity index (χ3v) is 3.85. The fourth-order valence-electron chi connectivity index (χ4n) is 2.07. The minimum atomic E-state index is -0.487. The number of hydrogen-bond donors (Lipinski definition) is 2. The lowest BCUT2D eigenvalue weighted by atomic mass is 10.1. The van der Waals surface area contributed by atoms with Crippen LogP contribution in [0.3, 0.4) is 0 Å². The summed E-state index contributed by atoms with van der Waals surface area (Å²) in [6, 6.07) is 10.3. The van der Waals surface area contributed by atoms with Crippen molar-refractivity contribution in [2.24, 2.45) is 5.73 Å². The molecule has 3 N–H and O–H groups in total. The van der Waals surface area contributed by atoms with Gasteiger partial charge in [-0.25, -0.2) is 0 Å². The fourth-order valence-corrected chi connectivity index (χ4v) is 2.60. The zero-order valence-corrected chi connectivity index (χ0v) is 13.3. The van der Waals surface area contributed by atoms with E-state index in [1.54, 1.807) is 36.4 Å².